The summed E-state index contributed by atoms with van der Waals surface area (Å²) in [7, 11) is 5.40. The predicted octanol–water partition coefficient (Wildman–Crippen LogP) is 1.34. The second-order valence-corrected chi connectivity index (χ2v) is 3.43. The zero-order valence-corrected chi connectivity index (χ0v) is 9.28. The van der Waals surface area contributed by atoms with Gasteiger partial charge in [0.2, 0.25) is 5.91 Å². The van der Waals surface area contributed by atoms with Crippen LogP contribution in [0.15, 0.2) is 24.3 Å². The molecule has 0 aliphatic rings. The molecule has 1 aromatic carbocycles. The van der Waals surface area contributed by atoms with Crippen LogP contribution in [0.3, 0.4) is 0 Å². The lowest BCUT2D eigenvalue weighted by Gasteiger charge is -2.13. The second-order valence-electron chi connectivity index (χ2n) is 3.43. The molecule has 1 N–H and O–H groups in total. The molecule has 82 valence electrons. The summed E-state index contributed by atoms with van der Waals surface area (Å²) < 4.78 is 4.73. The molecule has 0 saturated carbocycles. The largest absolute Gasteiger partial charge is 0.378 e. The summed E-state index contributed by atoms with van der Waals surface area (Å²) in [6, 6.07) is 7.64. The SMILES string of the molecule is COCC(=O)Nc1cccc(N(C)C)c1. The topological polar surface area (TPSA) is 41.6 Å². The Labute approximate surface area is 89.8 Å². The maximum atomic E-state index is 11.2. The fourth-order valence-electron chi connectivity index (χ4n) is 1.19. The molecule has 0 spiro atoms. The number of rotatable bonds is 4. The number of methoxy groups -OCH3 is 1. The molecule has 15 heavy (non-hydrogen) atoms. The molecule has 0 saturated heterocycles. The van der Waals surface area contributed by atoms with Crippen molar-refractivity contribution in [3.8, 4) is 0 Å². The molecule has 0 bridgehead atoms. The standard InChI is InChI=1S/C11H16N2O2/c1-13(2)10-6-4-5-9(7-10)12-11(14)8-15-3/h4-7H,8H2,1-3H3,(H,12,14). The number of hydrogen-bond donors (Lipinski definition) is 1. The number of nitrogens with zero attached hydrogens (tertiary/aromatic N) is 1. The first-order valence-electron chi connectivity index (χ1n) is 4.69. The van der Waals surface area contributed by atoms with E-state index in [1.807, 2.05) is 43.3 Å². The van der Waals surface area contributed by atoms with E-state index in [1.165, 1.54) is 7.11 Å². The Balaban J connectivity index is 2.69. The third-order valence-electron chi connectivity index (χ3n) is 1.92. The van der Waals surface area contributed by atoms with Crippen LogP contribution in [0.1, 0.15) is 0 Å². The molecule has 0 aromatic heterocycles. The van der Waals surface area contributed by atoms with E-state index in [0.717, 1.165) is 11.4 Å². The Hall–Kier alpha value is -1.55. The number of nitrogens with one attached hydrogen (secondary N) is 1. The molecule has 0 aliphatic heterocycles. The van der Waals surface area contributed by atoms with Crippen LogP contribution in [-0.2, 0) is 9.53 Å². The Morgan fingerprint density at radius 3 is 2.80 bits per heavy atom. The number of carbonyl (C=O) groups excluding carboxylic acids is 1. The second kappa shape index (κ2) is 5.36. The molecule has 1 aromatic rings. The molecule has 0 aliphatic carbocycles. The average Bonchev–Trinajstić information content (AvgIpc) is 2.18. The third-order valence-corrected chi connectivity index (χ3v) is 1.92. The van der Waals surface area contributed by atoms with Gasteiger partial charge >= 0.3 is 0 Å². The van der Waals surface area contributed by atoms with Crippen LogP contribution in [0.5, 0.6) is 0 Å². The summed E-state index contributed by atoms with van der Waals surface area (Å²) in [5, 5.41) is 2.75. The first-order chi connectivity index (χ1) is 7.13. The number of hydrogen-bond acceptors (Lipinski definition) is 3. The van der Waals surface area contributed by atoms with E-state index in [0.29, 0.717) is 0 Å². The molecule has 4 nitrogen and oxygen atoms in total. The Morgan fingerprint density at radius 1 is 1.47 bits per heavy atom. The van der Waals surface area contributed by atoms with Gasteiger partial charge in [0.25, 0.3) is 0 Å². The van der Waals surface area contributed by atoms with Crippen LogP contribution in [0.25, 0.3) is 0 Å². The van der Waals surface area contributed by atoms with Gasteiger partial charge in [0, 0.05) is 32.6 Å². The first kappa shape index (κ1) is 11.5. The maximum Gasteiger partial charge on any atom is 0.250 e. The van der Waals surface area contributed by atoms with Crippen LogP contribution in [-0.4, -0.2) is 33.7 Å². The highest BCUT2D eigenvalue weighted by atomic mass is 16.5. The molecular weight excluding hydrogens is 192 g/mol. The number of anilines is 2. The Morgan fingerprint density at radius 2 is 2.20 bits per heavy atom. The Bertz CT molecular complexity index is 337. The first-order valence-corrected chi connectivity index (χ1v) is 4.69. The molecule has 0 atom stereocenters. The smallest absolute Gasteiger partial charge is 0.250 e. The van der Waals surface area contributed by atoms with Crippen LogP contribution in [0.4, 0.5) is 11.4 Å². The number of amides is 1. The van der Waals surface area contributed by atoms with Gasteiger partial charge in [-0.1, -0.05) is 6.07 Å². The highest BCUT2D eigenvalue weighted by molar-refractivity contribution is 5.92. The molecule has 1 rings (SSSR count). The van der Waals surface area contributed by atoms with Crippen molar-refractivity contribution < 1.29 is 9.53 Å². The van der Waals surface area contributed by atoms with E-state index in [-0.39, 0.29) is 12.5 Å². The van der Waals surface area contributed by atoms with Gasteiger partial charge < -0.3 is 15.0 Å². The van der Waals surface area contributed by atoms with Crippen molar-refractivity contribution in [1.29, 1.82) is 0 Å². The lowest BCUT2D eigenvalue weighted by molar-refractivity contribution is -0.119. The fraction of sp³-hybridized carbons (Fsp3) is 0.364. The van der Waals surface area contributed by atoms with Crippen molar-refractivity contribution >= 4 is 17.3 Å². The van der Waals surface area contributed by atoms with E-state index >= 15 is 0 Å². The van der Waals surface area contributed by atoms with Crippen LogP contribution < -0.4 is 10.2 Å². The molecule has 0 fully saturated rings. The average molecular weight is 208 g/mol. The number of benzene rings is 1. The van der Waals surface area contributed by atoms with Gasteiger partial charge in [0.1, 0.15) is 6.61 Å². The summed E-state index contributed by atoms with van der Waals surface area (Å²) in [6.45, 7) is 0.0756. The minimum Gasteiger partial charge on any atom is -0.378 e. The summed E-state index contributed by atoms with van der Waals surface area (Å²) in [5.74, 6) is -0.145. The van der Waals surface area contributed by atoms with Crippen LogP contribution in [0, 0.1) is 0 Å². The zero-order chi connectivity index (χ0) is 11.3. The van der Waals surface area contributed by atoms with E-state index in [4.69, 9.17) is 4.74 Å². The van der Waals surface area contributed by atoms with Gasteiger partial charge in [-0.25, -0.2) is 0 Å². The Kier molecular flexibility index (Phi) is 4.12. The zero-order valence-electron chi connectivity index (χ0n) is 9.28. The molecule has 0 heterocycles. The van der Waals surface area contributed by atoms with Gasteiger partial charge in [0.15, 0.2) is 0 Å². The minimum absolute atomic E-state index is 0.0756. The quantitative estimate of drug-likeness (QED) is 0.811. The lowest BCUT2D eigenvalue weighted by Crippen LogP contribution is -2.17. The van der Waals surface area contributed by atoms with Gasteiger partial charge in [-0.15, -0.1) is 0 Å². The predicted molar refractivity (Wildman–Crippen MR) is 61.3 cm³/mol. The molecular formula is C11H16N2O2. The van der Waals surface area contributed by atoms with Crippen LogP contribution >= 0.6 is 0 Å². The van der Waals surface area contributed by atoms with Gasteiger partial charge in [-0.3, -0.25) is 4.79 Å². The molecule has 4 heteroatoms. The van der Waals surface area contributed by atoms with Crippen molar-refractivity contribution in [2.45, 2.75) is 0 Å². The van der Waals surface area contributed by atoms with Crippen LogP contribution in [0.2, 0.25) is 0 Å². The normalized spacial score (nSPS) is 9.80. The third kappa shape index (κ3) is 3.59. The monoisotopic (exact) mass is 208 g/mol. The van der Waals surface area contributed by atoms with Gasteiger partial charge in [-0.2, -0.15) is 0 Å². The fourth-order valence-corrected chi connectivity index (χ4v) is 1.19. The number of ether oxygens (including phenoxy) is 1. The highest BCUT2D eigenvalue weighted by Crippen LogP contribution is 2.16. The van der Waals surface area contributed by atoms with Gasteiger partial charge in [0.05, 0.1) is 0 Å². The minimum atomic E-state index is -0.145. The van der Waals surface area contributed by atoms with Crippen molar-refractivity contribution in [3.05, 3.63) is 24.3 Å². The lowest BCUT2D eigenvalue weighted by atomic mass is 10.2. The summed E-state index contributed by atoms with van der Waals surface area (Å²) in [4.78, 5) is 13.2. The summed E-state index contributed by atoms with van der Waals surface area (Å²) >= 11 is 0. The molecule has 1 amide bonds. The summed E-state index contributed by atoms with van der Waals surface area (Å²) in [6.07, 6.45) is 0. The molecule has 0 radical (unpaired) electrons. The number of carbonyl (C=O) groups is 1. The van der Waals surface area contributed by atoms with E-state index < -0.39 is 0 Å². The van der Waals surface area contributed by atoms with Crippen molar-refractivity contribution in [3.63, 3.8) is 0 Å². The summed E-state index contributed by atoms with van der Waals surface area (Å²) in [5.41, 5.74) is 1.83. The van der Waals surface area contributed by atoms with Crippen molar-refractivity contribution in [2.75, 3.05) is 38.0 Å². The van der Waals surface area contributed by atoms with Gasteiger partial charge in [-0.05, 0) is 18.2 Å². The van der Waals surface area contributed by atoms with E-state index in [9.17, 15) is 4.79 Å². The maximum absolute atomic E-state index is 11.2. The molecule has 0 unspecified atom stereocenters. The highest BCUT2D eigenvalue weighted by Gasteiger charge is 2.02. The van der Waals surface area contributed by atoms with Crippen molar-refractivity contribution in [2.24, 2.45) is 0 Å². The van der Waals surface area contributed by atoms with E-state index in [1.54, 1.807) is 0 Å². The van der Waals surface area contributed by atoms with E-state index in [2.05, 4.69) is 5.32 Å². The van der Waals surface area contributed by atoms with Crippen molar-refractivity contribution in [1.82, 2.24) is 0 Å².